The van der Waals surface area contributed by atoms with Crippen LogP contribution in [-0.2, 0) is 8.98 Å². The molecule has 0 bridgehead atoms. The van der Waals surface area contributed by atoms with Gasteiger partial charge in [0.2, 0.25) is 0 Å². The number of carbonyl (C=O) groups is 1. The number of benzene rings is 2. The Kier molecular flexibility index (Phi) is 3.72. The first-order valence-corrected chi connectivity index (χ1v) is 8.38. The molecule has 0 aromatic heterocycles. The first-order valence-electron chi connectivity index (χ1n) is 6.82. The van der Waals surface area contributed by atoms with Crippen LogP contribution in [0.25, 0.3) is 11.0 Å². The van der Waals surface area contributed by atoms with Crippen molar-refractivity contribution >= 4 is 27.3 Å². The van der Waals surface area contributed by atoms with E-state index in [-0.39, 0.29) is 9.80 Å². The van der Waals surface area contributed by atoms with Crippen molar-refractivity contribution in [2.75, 3.05) is 0 Å². The standard InChI is InChI=1S/C17H13F3O2S/c1-12(21)22-23(17(18,19)20)15-10-6-5-9-14(15)11-16(23)13-7-3-2-4-8-13/h2-11H,1H3. The predicted octanol–water partition coefficient (Wildman–Crippen LogP) is 5.36. The molecule has 1 aliphatic rings. The molecule has 1 unspecified atom stereocenters. The lowest BCUT2D eigenvalue weighted by atomic mass is 10.1. The quantitative estimate of drug-likeness (QED) is 0.737. The molecule has 0 saturated heterocycles. The van der Waals surface area contributed by atoms with E-state index in [2.05, 4.69) is 0 Å². The van der Waals surface area contributed by atoms with E-state index in [1.807, 2.05) is 0 Å². The molecule has 1 atom stereocenters. The number of rotatable bonds is 2. The highest BCUT2D eigenvalue weighted by Gasteiger charge is 2.60. The Morgan fingerprint density at radius 2 is 1.61 bits per heavy atom. The second-order valence-corrected chi connectivity index (χ2v) is 7.61. The highest BCUT2D eigenvalue weighted by molar-refractivity contribution is 8.38. The lowest BCUT2D eigenvalue weighted by molar-refractivity contribution is -0.132. The zero-order valence-corrected chi connectivity index (χ0v) is 12.9. The third-order valence-electron chi connectivity index (χ3n) is 3.45. The number of hydrogen-bond donors (Lipinski definition) is 0. The molecule has 120 valence electrons. The molecule has 0 N–H and O–H groups in total. The van der Waals surface area contributed by atoms with Crippen molar-refractivity contribution in [2.24, 2.45) is 0 Å². The summed E-state index contributed by atoms with van der Waals surface area (Å²) in [6.07, 6.45) is 1.47. The third-order valence-corrected chi connectivity index (χ3v) is 6.55. The average molecular weight is 338 g/mol. The first kappa shape index (κ1) is 15.7. The average Bonchev–Trinajstić information content (AvgIpc) is 2.83. The van der Waals surface area contributed by atoms with Crippen LogP contribution in [0, 0.1) is 0 Å². The summed E-state index contributed by atoms with van der Waals surface area (Å²) in [5, 5.41) is 0. The van der Waals surface area contributed by atoms with Crippen molar-refractivity contribution in [3.63, 3.8) is 0 Å². The summed E-state index contributed by atoms with van der Waals surface area (Å²) in [7, 11) is -3.92. The predicted molar refractivity (Wildman–Crippen MR) is 84.4 cm³/mol. The van der Waals surface area contributed by atoms with Crippen LogP contribution < -0.4 is 0 Å². The molecule has 0 fully saturated rings. The van der Waals surface area contributed by atoms with E-state index < -0.39 is 21.8 Å². The Morgan fingerprint density at radius 1 is 1.00 bits per heavy atom. The molecular weight excluding hydrogens is 325 g/mol. The minimum absolute atomic E-state index is 0.00185. The van der Waals surface area contributed by atoms with Crippen LogP contribution in [0.4, 0.5) is 13.2 Å². The maximum Gasteiger partial charge on any atom is 0.465 e. The lowest BCUT2D eigenvalue weighted by Crippen LogP contribution is -2.24. The molecule has 0 saturated carbocycles. The second kappa shape index (κ2) is 5.45. The number of halogens is 3. The molecule has 0 spiro atoms. The van der Waals surface area contributed by atoms with Crippen LogP contribution in [0.15, 0.2) is 59.5 Å². The largest absolute Gasteiger partial charge is 0.465 e. The molecule has 1 aliphatic heterocycles. The smallest absolute Gasteiger partial charge is 0.398 e. The monoisotopic (exact) mass is 338 g/mol. The van der Waals surface area contributed by atoms with Crippen molar-refractivity contribution in [1.29, 1.82) is 0 Å². The van der Waals surface area contributed by atoms with Gasteiger partial charge in [-0.2, -0.15) is 13.2 Å². The third kappa shape index (κ3) is 2.43. The maximum absolute atomic E-state index is 14.1. The van der Waals surface area contributed by atoms with Crippen molar-refractivity contribution in [3.05, 3.63) is 65.7 Å². The Balaban J connectivity index is 2.31. The van der Waals surface area contributed by atoms with Crippen LogP contribution in [0.2, 0.25) is 0 Å². The molecule has 0 aliphatic carbocycles. The Labute approximate surface area is 133 Å². The van der Waals surface area contributed by atoms with Gasteiger partial charge in [-0.05, 0) is 23.3 Å². The fraction of sp³-hybridized carbons (Fsp3) is 0.118. The van der Waals surface area contributed by atoms with Gasteiger partial charge in [-0.3, -0.25) is 4.79 Å². The van der Waals surface area contributed by atoms with Crippen molar-refractivity contribution in [1.82, 2.24) is 0 Å². The Morgan fingerprint density at radius 3 is 2.22 bits per heavy atom. The summed E-state index contributed by atoms with van der Waals surface area (Å²) in [6, 6.07) is 14.4. The van der Waals surface area contributed by atoms with Crippen LogP contribution in [0.1, 0.15) is 18.1 Å². The van der Waals surface area contributed by atoms with Gasteiger partial charge in [0, 0.05) is 16.7 Å². The second-order valence-electron chi connectivity index (χ2n) is 4.99. The van der Waals surface area contributed by atoms with Crippen molar-refractivity contribution in [3.8, 4) is 0 Å². The fourth-order valence-electron chi connectivity index (χ4n) is 2.62. The van der Waals surface area contributed by atoms with Gasteiger partial charge in [-0.15, -0.1) is 0 Å². The van der Waals surface area contributed by atoms with Gasteiger partial charge in [-0.1, -0.05) is 48.5 Å². The minimum Gasteiger partial charge on any atom is -0.398 e. The van der Waals surface area contributed by atoms with E-state index in [9.17, 15) is 18.0 Å². The Bertz CT molecular complexity index is 784. The van der Waals surface area contributed by atoms with E-state index in [0.717, 1.165) is 6.92 Å². The van der Waals surface area contributed by atoms with E-state index >= 15 is 0 Å². The van der Waals surface area contributed by atoms with E-state index in [0.29, 0.717) is 11.1 Å². The maximum atomic E-state index is 14.1. The summed E-state index contributed by atoms with van der Waals surface area (Å²) < 4.78 is 47.3. The SMILES string of the molecule is CC(=O)OS1(C(F)(F)F)C(c2ccccc2)=Cc2ccccc21. The molecule has 3 rings (SSSR count). The molecule has 23 heavy (non-hydrogen) atoms. The van der Waals surface area contributed by atoms with Gasteiger partial charge in [0.15, 0.2) is 0 Å². The molecule has 6 heteroatoms. The van der Waals surface area contributed by atoms with Gasteiger partial charge in [-0.25, -0.2) is 0 Å². The highest BCUT2D eigenvalue weighted by atomic mass is 32.3. The Hall–Kier alpha value is -2.21. The number of fused-ring (bicyclic) bond motifs is 1. The number of carbonyl (C=O) groups excluding carboxylic acids is 1. The lowest BCUT2D eigenvalue weighted by Gasteiger charge is -2.39. The number of hydrogen-bond acceptors (Lipinski definition) is 2. The normalized spacial score (nSPS) is 22.7. The summed E-state index contributed by atoms with van der Waals surface area (Å²) >= 11 is 0. The molecule has 0 radical (unpaired) electrons. The van der Waals surface area contributed by atoms with Crippen molar-refractivity contribution < 1.29 is 22.1 Å². The molecule has 0 amide bonds. The summed E-state index contributed by atoms with van der Waals surface area (Å²) in [5.74, 6) is -0.948. The summed E-state index contributed by atoms with van der Waals surface area (Å²) in [4.78, 5) is 11.5. The zero-order valence-electron chi connectivity index (χ0n) is 12.1. The van der Waals surface area contributed by atoms with E-state index in [1.165, 1.54) is 18.2 Å². The summed E-state index contributed by atoms with van der Waals surface area (Å²) in [5.41, 5.74) is -3.87. The van der Waals surface area contributed by atoms with Crippen LogP contribution >= 0.6 is 10.3 Å². The zero-order chi connectivity index (χ0) is 16.7. The van der Waals surface area contributed by atoms with Gasteiger partial charge >= 0.3 is 11.5 Å². The molecule has 2 nitrogen and oxygen atoms in total. The molecule has 2 aromatic carbocycles. The van der Waals surface area contributed by atoms with Gasteiger partial charge in [0.05, 0.1) is 10.3 Å². The van der Waals surface area contributed by atoms with E-state index in [1.54, 1.807) is 42.5 Å². The molecule has 1 heterocycles. The van der Waals surface area contributed by atoms with Gasteiger partial charge < -0.3 is 4.18 Å². The van der Waals surface area contributed by atoms with Crippen LogP contribution in [0.3, 0.4) is 0 Å². The van der Waals surface area contributed by atoms with Crippen LogP contribution in [0.5, 0.6) is 0 Å². The minimum atomic E-state index is -4.70. The number of alkyl halides is 3. The molecule has 2 aromatic rings. The topological polar surface area (TPSA) is 26.3 Å². The summed E-state index contributed by atoms with van der Waals surface area (Å²) in [6.45, 7) is 1.00. The van der Waals surface area contributed by atoms with Gasteiger partial charge in [0.25, 0.3) is 0 Å². The van der Waals surface area contributed by atoms with Crippen LogP contribution in [-0.4, -0.2) is 11.5 Å². The van der Waals surface area contributed by atoms with Gasteiger partial charge in [0.1, 0.15) is 0 Å². The highest BCUT2D eigenvalue weighted by Crippen LogP contribution is 2.79. The molecular formula is C17H13F3O2S. The fourth-order valence-corrected chi connectivity index (χ4v) is 5.47. The first-order chi connectivity index (χ1) is 10.9. The van der Waals surface area contributed by atoms with Crippen molar-refractivity contribution in [2.45, 2.75) is 17.3 Å². The van der Waals surface area contributed by atoms with E-state index in [4.69, 9.17) is 4.18 Å².